The lowest BCUT2D eigenvalue weighted by Crippen LogP contribution is -1.99. The van der Waals surface area contributed by atoms with E-state index in [0.29, 0.717) is 21.5 Å². The van der Waals surface area contributed by atoms with Crippen molar-refractivity contribution in [2.75, 3.05) is 20.5 Å². The first-order valence-corrected chi connectivity index (χ1v) is 7.75. The second-order valence-corrected chi connectivity index (χ2v) is 6.46. The van der Waals surface area contributed by atoms with Crippen molar-refractivity contribution in [2.24, 2.45) is 0 Å². The van der Waals surface area contributed by atoms with E-state index >= 15 is 0 Å². The van der Waals surface area contributed by atoms with Crippen molar-refractivity contribution in [1.82, 2.24) is 0 Å². The van der Waals surface area contributed by atoms with Crippen molar-refractivity contribution in [3.8, 4) is 17.6 Å². The normalized spacial score (nSPS) is 11.8. The summed E-state index contributed by atoms with van der Waals surface area (Å²) in [6.45, 7) is 0. The first kappa shape index (κ1) is 15.5. The molecule has 0 aromatic heterocycles. The maximum Gasteiger partial charge on any atom is 0.185 e. The van der Waals surface area contributed by atoms with Crippen molar-refractivity contribution < 1.29 is 17.9 Å². The molecule has 0 fully saturated rings. The van der Waals surface area contributed by atoms with Crippen LogP contribution >= 0.6 is 15.9 Å². The molecule has 5 nitrogen and oxygen atoms in total. The zero-order valence-electron chi connectivity index (χ0n) is 10.6. The van der Waals surface area contributed by atoms with E-state index in [1.54, 1.807) is 18.2 Å². The average molecular weight is 346 g/mol. The largest absolute Gasteiger partial charge is 0.493 e. The zero-order valence-corrected chi connectivity index (χ0v) is 13.0. The highest BCUT2D eigenvalue weighted by atomic mass is 79.9. The molecular weight excluding hydrogens is 334 g/mol. The van der Waals surface area contributed by atoms with Crippen LogP contribution in [0.2, 0.25) is 0 Å². The number of benzene rings is 1. The van der Waals surface area contributed by atoms with Crippen LogP contribution in [-0.4, -0.2) is 28.9 Å². The van der Waals surface area contributed by atoms with Gasteiger partial charge in [0.05, 0.1) is 14.2 Å². The van der Waals surface area contributed by atoms with Gasteiger partial charge >= 0.3 is 0 Å². The Morgan fingerprint density at radius 1 is 1.32 bits per heavy atom. The first-order valence-electron chi connectivity index (χ1n) is 5.07. The van der Waals surface area contributed by atoms with Gasteiger partial charge in [-0.2, -0.15) is 5.26 Å². The highest BCUT2D eigenvalue weighted by molar-refractivity contribution is 9.10. The summed E-state index contributed by atoms with van der Waals surface area (Å²) >= 11 is 3.29. The minimum atomic E-state index is -3.56. The molecule has 0 aliphatic rings. The second-order valence-electron chi connectivity index (χ2n) is 3.62. The molecule has 102 valence electrons. The predicted octanol–water partition coefficient (Wildman–Crippen LogP) is 2.38. The zero-order chi connectivity index (χ0) is 14.6. The quantitative estimate of drug-likeness (QED) is 0.783. The van der Waals surface area contributed by atoms with E-state index < -0.39 is 9.84 Å². The minimum absolute atomic E-state index is 0.319. The number of hydrogen-bond acceptors (Lipinski definition) is 5. The number of rotatable bonds is 4. The Kier molecular flexibility index (Phi) is 4.97. The maximum absolute atomic E-state index is 11.4. The highest BCUT2D eigenvalue weighted by Gasteiger charge is 2.13. The Bertz CT molecular complexity index is 659. The number of methoxy groups -OCH3 is 2. The average Bonchev–Trinajstić information content (AvgIpc) is 2.35. The number of allylic oxidation sites excluding steroid dienone is 1. The molecule has 7 heteroatoms. The highest BCUT2D eigenvalue weighted by Crippen LogP contribution is 2.34. The summed E-state index contributed by atoms with van der Waals surface area (Å²) in [6.07, 6.45) is 2.26. The van der Waals surface area contributed by atoms with E-state index in [-0.39, 0.29) is 4.91 Å². The Hall–Kier alpha value is -1.52. The summed E-state index contributed by atoms with van der Waals surface area (Å²) in [5.41, 5.74) is 0.514. The van der Waals surface area contributed by atoms with Gasteiger partial charge in [0.1, 0.15) is 11.0 Å². The molecule has 0 unspecified atom stereocenters. The Balaban J connectivity index is 3.45. The molecule has 19 heavy (non-hydrogen) atoms. The lowest BCUT2D eigenvalue weighted by molar-refractivity contribution is 0.354. The number of sulfone groups is 1. The van der Waals surface area contributed by atoms with Crippen LogP contribution in [0.3, 0.4) is 0 Å². The van der Waals surface area contributed by atoms with E-state index in [1.807, 2.05) is 0 Å². The third-order valence-electron chi connectivity index (χ3n) is 2.30. The van der Waals surface area contributed by atoms with Crippen molar-refractivity contribution in [2.45, 2.75) is 0 Å². The lowest BCUT2D eigenvalue weighted by Gasteiger charge is -2.10. The van der Waals surface area contributed by atoms with E-state index in [2.05, 4.69) is 15.9 Å². The molecule has 0 saturated carbocycles. The summed E-state index contributed by atoms with van der Waals surface area (Å²) in [6, 6.07) is 4.89. The van der Waals surface area contributed by atoms with Gasteiger partial charge in [-0.1, -0.05) is 15.9 Å². The summed E-state index contributed by atoms with van der Waals surface area (Å²) in [5.74, 6) is 0.951. The Morgan fingerprint density at radius 3 is 2.26 bits per heavy atom. The lowest BCUT2D eigenvalue weighted by atomic mass is 10.2. The molecule has 0 saturated heterocycles. The van der Waals surface area contributed by atoms with E-state index in [0.717, 1.165) is 6.26 Å². The van der Waals surface area contributed by atoms with Gasteiger partial charge < -0.3 is 9.47 Å². The predicted molar refractivity (Wildman–Crippen MR) is 75.7 cm³/mol. The standard InChI is InChI=1S/C12H12BrNO4S/c1-17-11-5-8(10(13)6-12(11)18-2)4-9(7-14)19(3,15)16/h4-6H,1-3H3/b9-4-. The smallest absolute Gasteiger partial charge is 0.185 e. The molecule has 1 aromatic rings. The van der Waals surface area contributed by atoms with Gasteiger partial charge in [0.25, 0.3) is 0 Å². The van der Waals surface area contributed by atoms with Crippen LogP contribution in [0.1, 0.15) is 5.56 Å². The van der Waals surface area contributed by atoms with E-state index in [1.165, 1.54) is 20.3 Å². The molecule has 0 bridgehead atoms. The fourth-order valence-corrected chi connectivity index (χ4v) is 2.29. The molecule has 0 radical (unpaired) electrons. The van der Waals surface area contributed by atoms with Gasteiger partial charge in [0.15, 0.2) is 21.3 Å². The van der Waals surface area contributed by atoms with Gasteiger partial charge in [-0.3, -0.25) is 0 Å². The minimum Gasteiger partial charge on any atom is -0.493 e. The number of nitriles is 1. The molecule has 0 amide bonds. The van der Waals surface area contributed by atoms with Crippen molar-refractivity contribution in [1.29, 1.82) is 5.26 Å². The third-order valence-corrected chi connectivity index (χ3v) is 3.99. The fourth-order valence-electron chi connectivity index (χ4n) is 1.34. The van der Waals surface area contributed by atoms with Gasteiger partial charge in [-0.25, -0.2) is 8.42 Å². The Labute approximate surface area is 120 Å². The summed E-state index contributed by atoms with van der Waals surface area (Å²) < 4.78 is 33.6. The monoisotopic (exact) mass is 345 g/mol. The number of ether oxygens (including phenoxy) is 2. The van der Waals surface area contributed by atoms with Crippen molar-refractivity contribution in [3.63, 3.8) is 0 Å². The van der Waals surface area contributed by atoms with E-state index in [4.69, 9.17) is 14.7 Å². The van der Waals surface area contributed by atoms with Crippen LogP contribution in [0, 0.1) is 11.3 Å². The van der Waals surface area contributed by atoms with Crippen molar-refractivity contribution in [3.05, 3.63) is 27.1 Å². The first-order chi connectivity index (χ1) is 8.83. The summed E-state index contributed by atoms with van der Waals surface area (Å²) in [4.78, 5) is -0.319. The number of nitrogens with zero attached hydrogens (tertiary/aromatic N) is 1. The number of halogens is 1. The van der Waals surface area contributed by atoms with Crippen LogP contribution < -0.4 is 9.47 Å². The van der Waals surface area contributed by atoms with Gasteiger partial charge in [0.2, 0.25) is 0 Å². The SMILES string of the molecule is COc1cc(Br)c(/C=C(/C#N)S(C)(=O)=O)cc1OC. The second kappa shape index (κ2) is 6.08. The van der Waals surface area contributed by atoms with Crippen LogP contribution in [0.25, 0.3) is 6.08 Å². The molecule has 0 aliphatic carbocycles. The van der Waals surface area contributed by atoms with Crippen LogP contribution in [0.5, 0.6) is 11.5 Å². The molecule has 0 heterocycles. The Morgan fingerprint density at radius 2 is 1.84 bits per heavy atom. The molecule has 0 atom stereocenters. The molecule has 1 rings (SSSR count). The molecule has 0 spiro atoms. The van der Waals surface area contributed by atoms with Crippen LogP contribution in [0.4, 0.5) is 0 Å². The van der Waals surface area contributed by atoms with Gasteiger partial charge in [-0.05, 0) is 23.8 Å². The van der Waals surface area contributed by atoms with Crippen molar-refractivity contribution >= 4 is 31.8 Å². The fraction of sp³-hybridized carbons (Fsp3) is 0.250. The molecule has 1 aromatic carbocycles. The summed E-state index contributed by atoms with van der Waals surface area (Å²) in [7, 11) is -0.588. The van der Waals surface area contributed by atoms with Gasteiger partial charge in [-0.15, -0.1) is 0 Å². The topological polar surface area (TPSA) is 76.4 Å². The maximum atomic E-state index is 11.4. The summed E-state index contributed by atoms with van der Waals surface area (Å²) in [5, 5.41) is 8.87. The number of hydrogen-bond donors (Lipinski definition) is 0. The van der Waals surface area contributed by atoms with Crippen LogP contribution in [-0.2, 0) is 9.84 Å². The molecule has 0 aliphatic heterocycles. The van der Waals surface area contributed by atoms with Crippen LogP contribution in [0.15, 0.2) is 21.5 Å². The van der Waals surface area contributed by atoms with Gasteiger partial charge in [0, 0.05) is 10.7 Å². The third kappa shape index (κ3) is 3.72. The van der Waals surface area contributed by atoms with E-state index in [9.17, 15) is 8.42 Å². The molecule has 0 N–H and O–H groups in total. The molecular formula is C12H12BrNO4S.